The van der Waals surface area contributed by atoms with E-state index in [0.29, 0.717) is 31.2 Å². The van der Waals surface area contributed by atoms with Gasteiger partial charge in [0.1, 0.15) is 0 Å². The van der Waals surface area contributed by atoms with Gasteiger partial charge in [-0.3, -0.25) is 9.59 Å². The van der Waals surface area contributed by atoms with Crippen molar-refractivity contribution in [2.75, 3.05) is 37.4 Å². The van der Waals surface area contributed by atoms with Gasteiger partial charge < -0.3 is 20.3 Å². The second-order valence-electron chi connectivity index (χ2n) is 7.11. The maximum Gasteiger partial charge on any atom is 0.253 e. The van der Waals surface area contributed by atoms with Gasteiger partial charge in [0.2, 0.25) is 11.9 Å². The number of likely N-dealkylation sites (N-methyl/N-ethyl adjacent to an activating group) is 1. The Hall–Kier alpha value is -3.78. The highest BCUT2D eigenvalue weighted by molar-refractivity contribution is 5.95. The smallest absolute Gasteiger partial charge is 0.253 e. The van der Waals surface area contributed by atoms with Crippen molar-refractivity contribution in [3.63, 3.8) is 0 Å². The van der Waals surface area contributed by atoms with Crippen LogP contribution in [0.4, 0.5) is 17.3 Å². The maximum absolute atomic E-state index is 12.8. The quantitative estimate of drug-likeness (QED) is 0.530. The number of benzene rings is 2. The van der Waals surface area contributed by atoms with Crippen LogP contribution < -0.4 is 10.6 Å². The summed E-state index contributed by atoms with van der Waals surface area (Å²) in [4.78, 5) is 34.6. The van der Waals surface area contributed by atoms with Gasteiger partial charge in [0, 0.05) is 55.8 Å². The molecular formula is C24H27N5O3. The molecule has 8 nitrogen and oxygen atoms in total. The number of carbonyl (C=O) groups excluding carboxylic acids is 2. The van der Waals surface area contributed by atoms with Crippen molar-refractivity contribution in [1.29, 1.82) is 0 Å². The van der Waals surface area contributed by atoms with Gasteiger partial charge in [-0.25, -0.2) is 9.97 Å². The Morgan fingerprint density at radius 2 is 1.84 bits per heavy atom. The molecule has 166 valence electrons. The summed E-state index contributed by atoms with van der Waals surface area (Å²) in [5.74, 6) is 0.250. The number of methoxy groups -OCH3 is 1. The third kappa shape index (κ3) is 6.12. The monoisotopic (exact) mass is 433 g/mol. The molecule has 0 atom stereocenters. The van der Waals surface area contributed by atoms with Gasteiger partial charge in [-0.1, -0.05) is 18.2 Å². The highest BCUT2D eigenvalue weighted by atomic mass is 16.5. The minimum atomic E-state index is -0.118. The molecule has 0 saturated heterocycles. The number of amides is 2. The fraction of sp³-hybridized carbons (Fsp3) is 0.250. The zero-order valence-corrected chi connectivity index (χ0v) is 18.5. The van der Waals surface area contributed by atoms with E-state index in [0.717, 1.165) is 22.6 Å². The number of carbonyl (C=O) groups is 2. The molecule has 0 radical (unpaired) electrons. The largest absolute Gasteiger partial charge is 0.383 e. The Kier molecular flexibility index (Phi) is 7.88. The lowest BCUT2D eigenvalue weighted by Gasteiger charge is -2.20. The van der Waals surface area contributed by atoms with E-state index in [1.54, 1.807) is 30.3 Å². The third-order valence-corrected chi connectivity index (χ3v) is 4.76. The van der Waals surface area contributed by atoms with Gasteiger partial charge in [0.15, 0.2) is 0 Å². The van der Waals surface area contributed by atoms with Crippen LogP contribution >= 0.6 is 0 Å². The summed E-state index contributed by atoms with van der Waals surface area (Å²) in [7, 11) is 1.62. The molecular weight excluding hydrogens is 406 g/mol. The van der Waals surface area contributed by atoms with Gasteiger partial charge in [-0.15, -0.1) is 0 Å². The average Bonchev–Trinajstić information content (AvgIpc) is 2.80. The molecule has 1 heterocycles. The van der Waals surface area contributed by atoms with Crippen molar-refractivity contribution in [3.05, 3.63) is 66.4 Å². The van der Waals surface area contributed by atoms with E-state index in [-0.39, 0.29) is 11.8 Å². The Labute approximate surface area is 187 Å². The van der Waals surface area contributed by atoms with E-state index in [4.69, 9.17) is 4.74 Å². The first-order chi connectivity index (χ1) is 15.5. The van der Waals surface area contributed by atoms with Crippen LogP contribution in [0.15, 0.2) is 60.8 Å². The predicted octanol–water partition coefficient (Wildman–Crippen LogP) is 3.95. The van der Waals surface area contributed by atoms with Crippen LogP contribution in [0.1, 0.15) is 24.2 Å². The molecule has 2 N–H and O–H groups in total. The molecule has 0 aliphatic carbocycles. The second-order valence-corrected chi connectivity index (χ2v) is 7.11. The molecule has 0 fully saturated rings. The van der Waals surface area contributed by atoms with Crippen LogP contribution in [0.25, 0.3) is 11.3 Å². The second kappa shape index (κ2) is 11.0. The zero-order chi connectivity index (χ0) is 22.9. The van der Waals surface area contributed by atoms with Crippen molar-refractivity contribution in [2.24, 2.45) is 0 Å². The zero-order valence-electron chi connectivity index (χ0n) is 18.5. The highest BCUT2D eigenvalue weighted by Gasteiger charge is 2.14. The molecule has 1 aromatic heterocycles. The molecule has 0 saturated carbocycles. The number of hydrogen-bond donors (Lipinski definition) is 2. The molecule has 3 aromatic rings. The van der Waals surface area contributed by atoms with Crippen molar-refractivity contribution < 1.29 is 14.3 Å². The summed E-state index contributed by atoms with van der Waals surface area (Å²) in [6.45, 7) is 5.04. The van der Waals surface area contributed by atoms with Crippen molar-refractivity contribution in [1.82, 2.24) is 14.9 Å². The number of hydrogen-bond acceptors (Lipinski definition) is 6. The molecule has 0 bridgehead atoms. The van der Waals surface area contributed by atoms with Gasteiger partial charge in [0.05, 0.1) is 12.3 Å². The summed E-state index contributed by atoms with van der Waals surface area (Å²) >= 11 is 0. The van der Waals surface area contributed by atoms with Crippen molar-refractivity contribution >= 4 is 29.1 Å². The highest BCUT2D eigenvalue weighted by Crippen LogP contribution is 2.22. The first kappa shape index (κ1) is 22.9. The van der Waals surface area contributed by atoms with Gasteiger partial charge in [0.25, 0.3) is 5.91 Å². The fourth-order valence-corrected chi connectivity index (χ4v) is 3.15. The molecule has 0 aliphatic rings. The van der Waals surface area contributed by atoms with Crippen LogP contribution in [-0.2, 0) is 9.53 Å². The van der Waals surface area contributed by atoms with E-state index in [1.807, 2.05) is 49.4 Å². The summed E-state index contributed by atoms with van der Waals surface area (Å²) in [6, 6.07) is 16.5. The Balaban J connectivity index is 1.75. The summed E-state index contributed by atoms with van der Waals surface area (Å²) in [5, 5.41) is 5.92. The number of nitrogens with one attached hydrogen (secondary N) is 2. The lowest BCUT2D eigenvalue weighted by atomic mass is 10.1. The van der Waals surface area contributed by atoms with Crippen LogP contribution in [-0.4, -0.2) is 53.5 Å². The Morgan fingerprint density at radius 3 is 2.53 bits per heavy atom. The van der Waals surface area contributed by atoms with Crippen molar-refractivity contribution in [3.8, 4) is 11.3 Å². The minimum Gasteiger partial charge on any atom is -0.383 e. The minimum absolute atomic E-state index is 0.0536. The topological polar surface area (TPSA) is 96.5 Å². The van der Waals surface area contributed by atoms with Gasteiger partial charge in [-0.05, 0) is 43.3 Å². The molecule has 3 rings (SSSR count). The SMILES string of the molecule is CCN(CCOC)C(=O)c1cccc(Nc2nccc(-c3ccc(NC(C)=O)cc3)n2)c1. The Bertz CT molecular complexity index is 1070. The van der Waals surface area contributed by atoms with Gasteiger partial charge >= 0.3 is 0 Å². The first-order valence-corrected chi connectivity index (χ1v) is 10.4. The summed E-state index contributed by atoms with van der Waals surface area (Å²) in [6.07, 6.45) is 1.67. The van der Waals surface area contributed by atoms with Crippen LogP contribution in [0.5, 0.6) is 0 Å². The molecule has 8 heteroatoms. The number of rotatable bonds is 9. The normalized spacial score (nSPS) is 10.5. The maximum atomic E-state index is 12.8. The molecule has 0 spiro atoms. The van der Waals surface area contributed by atoms with Crippen LogP contribution in [0, 0.1) is 0 Å². The first-order valence-electron chi connectivity index (χ1n) is 10.4. The number of anilines is 3. The number of aromatic nitrogens is 2. The van der Waals surface area contributed by atoms with E-state index in [1.165, 1.54) is 6.92 Å². The van der Waals surface area contributed by atoms with Gasteiger partial charge in [-0.2, -0.15) is 0 Å². The molecule has 32 heavy (non-hydrogen) atoms. The van der Waals surface area contributed by atoms with Crippen LogP contribution in [0.2, 0.25) is 0 Å². The molecule has 2 amide bonds. The molecule has 0 aliphatic heterocycles. The van der Waals surface area contributed by atoms with E-state index < -0.39 is 0 Å². The van der Waals surface area contributed by atoms with E-state index >= 15 is 0 Å². The number of nitrogens with zero attached hydrogens (tertiary/aromatic N) is 3. The molecule has 0 unspecified atom stereocenters. The standard InChI is InChI=1S/C24H27N5O3/c1-4-29(14-15-32-3)23(31)19-6-5-7-21(16-19)27-24-25-13-12-22(28-24)18-8-10-20(11-9-18)26-17(2)30/h5-13,16H,4,14-15H2,1-3H3,(H,26,30)(H,25,27,28). The van der Waals surface area contributed by atoms with E-state index in [2.05, 4.69) is 20.6 Å². The predicted molar refractivity (Wildman–Crippen MR) is 125 cm³/mol. The lowest BCUT2D eigenvalue weighted by Crippen LogP contribution is -2.33. The number of ether oxygens (including phenoxy) is 1. The summed E-state index contributed by atoms with van der Waals surface area (Å²) < 4.78 is 5.09. The van der Waals surface area contributed by atoms with Crippen molar-refractivity contribution in [2.45, 2.75) is 13.8 Å². The Morgan fingerprint density at radius 1 is 1.06 bits per heavy atom. The lowest BCUT2D eigenvalue weighted by molar-refractivity contribution is -0.114. The third-order valence-electron chi connectivity index (χ3n) is 4.76. The van der Waals surface area contributed by atoms with E-state index in [9.17, 15) is 9.59 Å². The fourth-order valence-electron chi connectivity index (χ4n) is 3.15. The van der Waals surface area contributed by atoms with Crippen LogP contribution in [0.3, 0.4) is 0 Å². The summed E-state index contributed by atoms with van der Waals surface area (Å²) in [5.41, 5.74) is 3.65. The molecule has 2 aromatic carbocycles. The average molecular weight is 434 g/mol.